The second-order valence-electron chi connectivity index (χ2n) is 5.70. The van der Waals surface area contributed by atoms with Gasteiger partial charge < -0.3 is 9.64 Å². The van der Waals surface area contributed by atoms with E-state index in [-0.39, 0.29) is 12.2 Å². The lowest BCUT2D eigenvalue weighted by molar-refractivity contribution is -0.00523. The van der Waals surface area contributed by atoms with Gasteiger partial charge in [0.2, 0.25) is 0 Å². The molecule has 1 saturated heterocycles. The molecule has 0 aliphatic carbocycles. The summed E-state index contributed by atoms with van der Waals surface area (Å²) in [6.07, 6.45) is 2.47. The number of hydrogen-bond donors (Lipinski definition) is 0. The Morgan fingerprint density at radius 1 is 1.19 bits per heavy atom. The van der Waals surface area contributed by atoms with Gasteiger partial charge >= 0.3 is 0 Å². The van der Waals surface area contributed by atoms with E-state index in [1.807, 2.05) is 13.1 Å². The van der Waals surface area contributed by atoms with E-state index in [9.17, 15) is 0 Å². The summed E-state index contributed by atoms with van der Waals surface area (Å²) in [6, 6.07) is 4.21. The standard InChI is InChI=1S/C16H21N3OS/c1-10-8-19(9-11(2)20-10)14-5-6-15(17-7-14)16-12(3)21-13(4)18-16/h5-7,10-11H,8-9H2,1-4H3/t10-,11+. The van der Waals surface area contributed by atoms with Gasteiger partial charge in [-0.15, -0.1) is 11.3 Å². The maximum absolute atomic E-state index is 5.78. The zero-order valence-corrected chi connectivity index (χ0v) is 13.8. The zero-order valence-electron chi connectivity index (χ0n) is 13.0. The van der Waals surface area contributed by atoms with Crippen LogP contribution in [-0.2, 0) is 4.74 Å². The first-order valence-electron chi connectivity index (χ1n) is 7.34. The molecule has 0 saturated carbocycles. The van der Waals surface area contributed by atoms with Gasteiger partial charge in [-0.3, -0.25) is 4.98 Å². The number of nitrogens with zero attached hydrogens (tertiary/aromatic N) is 3. The van der Waals surface area contributed by atoms with Crippen molar-refractivity contribution in [1.29, 1.82) is 0 Å². The SMILES string of the molecule is Cc1nc(-c2ccc(N3C[C@@H](C)O[C@@H](C)C3)cn2)c(C)s1. The minimum absolute atomic E-state index is 0.261. The van der Waals surface area contributed by atoms with E-state index < -0.39 is 0 Å². The molecule has 2 atom stereocenters. The van der Waals surface area contributed by atoms with Crippen molar-refractivity contribution in [2.45, 2.75) is 39.9 Å². The molecule has 5 heteroatoms. The Kier molecular flexibility index (Phi) is 3.95. The summed E-state index contributed by atoms with van der Waals surface area (Å²) in [7, 11) is 0. The van der Waals surface area contributed by atoms with Crippen molar-refractivity contribution in [3.63, 3.8) is 0 Å². The molecule has 4 nitrogen and oxygen atoms in total. The summed E-state index contributed by atoms with van der Waals surface area (Å²) in [6.45, 7) is 10.2. The zero-order chi connectivity index (χ0) is 15.0. The summed E-state index contributed by atoms with van der Waals surface area (Å²) in [5.74, 6) is 0. The first-order chi connectivity index (χ1) is 10.0. The number of morpholine rings is 1. The number of rotatable bonds is 2. The molecular formula is C16H21N3OS. The number of aryl methyl sites for hydroxylation is 2. The van der Waals surface area contributed by atoms with Crippen molar-refractivity contribution in [1.82, 2.24) is 9.97 Å². The van der Waals surface area contributed by atoms with Crippen LogP contribution in [0.15, 0.2) is 18.3 Å². The third-order valence-electron chi connectivity index (χ3n) is 3.68. The molecule has 2 aromatic heterocycles. The Balaban J connectivity index is 1.82. The first kappa shape index (κ1) is 14.5. The largest absolute Gasteiger partial charge is 0.372 e. The van der Waals surface area contributed by atoms with Crippen LogP contribution < -0.4 is 4.90 Å². The minimum atomic E-state index is 0.261. The van der Waals surface area contributed by atoms with Crippen LogP contribution in [0.1, 0.15) is 23.7 Å². The van der Waals surface area contributed by atoms with Gasteiger partial charge in [0.15, 0.2) is 0 Å². The topological polar surface area (TPSA) is 38.2 Å². The highest BCUT2D eigenvalue weighted by Gasteiger charge is 2.22. The molecule has 3 heterocycles. The predicted molar refractivity (Wildman–Crippen MR) is 87.0 cm³/mol. The average Bonchev–Trinajstić information content (AvgIpc) is 2.77. The van der Waals surface area contributed by atoms with Gasteiger partial charge in [-0.1, -0.05) is 0 Å². The molecule has 0 radical (unpaired) electrons. The Morgan fingerprint density at radius 3 is 2.43 bits per heavy atom. The van der Waals surface area contributed by atoms with E-state index >= 15 is 0 Å². The van der Waals surface area contributed by atoms with Gasteiger partial charge in [0, 0.05) is 18.0 Å². The van der Waals surface area contributed by atoms with Gasteiger partial charge in [-0.05, 0) is 39.8 Å². The van der Waals surface area contributed by atoms with Crippen molar-refractivity contribution in [2.75, 3.05) is 18.0 Å². The third-order valence-corrected chi connectivity index (χ3v) is 4.57. The fourth-order valence-electron chi connectivity index (χ4n) is 2.87. The molecule has 2 aromatic rings. The van der Waals surface area contributed by atoms with Gasteiger partial charge in [-0.2, -0.15) is 0 Å². The highest BCUT2D eigenvalue weighted by Crippen LogP contribution is 2.27. The van der Waals surface area contributed by atoms with E-state index in [1.54, 1.807) is 11.3 Å². The van der Waals surface area contributed by atoms with Crippen LogP contribution in [0, 0.1) is 13.8 Å². The maximum atomic E-state index is 5.78. The molecule has 3 rings (SSSR count). The van der Waals surface area contributed by atoms with E-state index in [1.165, 1.54) is 4.88 Å². The van der Waals surface area contributed by atoms with Crippen molar-refractivity contribution < 1.29 is 4.74 Å². The normalized spacial score (nSPS) is 22.6. The molecular weight excluding hydrogens is 282 g/mol. The highest BCUT2D eigenvalue weighted by molar-refractivity contribution is 7.11. The lowest BCUT2D eigenvalue weighted by Gasteiger charge is -2.36. The van der Waals surface area contributed by atoms with E-state index in [4.69, 9.17) is 4.74 Å². The summed E-state index contributed by atoms with van der Waals surface area (Å²) in [4.78, 5) is 12.7. The first-order valence-corrected chi connectivity index (χ1v) is 8.15. The fourth-order valence-corrected chi connectivity index (χ4v) is 3.70. The smallest absolute Gasteiger partial charge is 0.103 e. The molecule has 1 fully saturated rings. The van der Waals surface area contributed by atoms with Crippen LogP contribution in [0.25, 0.3) is 11.4 Å². The molecule has 0 aromatic carbocycles. The van der Waals surface area contributed by atoms with Gasteiger partial charge in [0.1, 0.15) is 5.69 Å². The van der Waals surface area contributed by atoms with Crippen molar-refractivity contribution in [3.8, 4) is 11.4 Å². The number of ether oxygens (including phenoxy) is 1. The third kappa shape index (κ3) is 3.09. The van der Waals surface area contributed by atoms with E-state index in [0.29, 0.717) is 0 Å². The van der Waals surface area contributed by atoms with Gasteiger partial charge in [-0.25, -0.2) is 4.98 Å². The summed E-state index contributed by atoms with van der Waals surface area (Å²) in [5, 5.41) is 1.09. The highest BCUT2D eigenvalue weighted by atomic mass is 32.1. The second kappa shape index (κ2) is 5.73. The molecule has 0 spiro atoms. The Hall–Kier alpha value is -1.46. The molecule has 112 valence electrons. The van der Waals surface area contributed by atoms with Crippen molar-refractivity contribution in [2.24, 2.45) is 0 Å². The Labute approximate surface area is 129 Å². The Bertz CT molecular complexity index is 613. The van der Waals surface area contributed by atoms with Crippen LogP contribution in [0.4, 0.5) is 5.69 Å². The van der Waals surface area contributed by atoms with Gasteiger partial charge in [0.25, 0.3) is 0 Å². The quantitative estimate of drug-likeness (QED) is 0.852. The number of pyridine rings is 1. The molecule has 1 aliphatic heterocycles. The van der Waals surface area contributed by atoms with Crippen LogP contribution in [0.2, 0.25) is 0 Å². The predicted octanol–water partition coefficient (Wildman–Crippen LogP) is 3.44. The molecule has 0 unspecified atom stereocenters. The molecule has 0 N–H and O–H groups in total. The van der Waals surface area contributed by atoms with E-state index in [0.717, 1.165) is 35.2 Å². The molecule has 21 heavy (non-hydrogen) atoms. The fraction of sp³-hybridized carbons (Fsp3) is 0.500. The minimum Gasteiger partial charge on any atom is -0.372 e. The average molecular weight is 303 g/mol. The van der Waals surface area contributed by atoms with Crippen molar-refractivity contribution in [3.05, 3.63) is 28.2 Å². The molecule has 0 amide bonds. The monoisotopic (exact) mass is 303 g/mol. The number of hydrogen-bond acceptors (Lipinski definition) is 5. The number of aromatic nitrogens is 2. The number of anilines is 1. The van der Waals surface area contributed by atoms with Crippen LogP contribution >= 0.6 is 11.3 Å². The summed E-state index contributed by atoms with van der Waals surface area (Å²) in [5.41, 5.74) is 3.12. The molecule has 0 bridgehead atoms. The number of thiazole rings is 1. The Morgan fingerprint density at radius 2 is 1.90 bits per heavy atom. The van der Waals surface area contributed by atoms with Crippen molar-refractivity contribution >= 4 is 17.0 Å². The van der Waals surface area contributed by atoms with E-state index in [2.05, 4.69) is 47.8 Å². The van der Waals surface area contributed by atoms with Crippen LogP contribution in [0.3, 0.4) is 0 Å². The maximum Gasteiger partial charge on any atom is 0.103 e. The van der Waals surface area contributed by atoms with Crippen LogP contribution in [0.5, 0.6) is 0 Å². The summed E-state index contributed by atoms with van der Waals surface area (Å²) < 4.78 is 5.78. The van der Waals surface area contributed by atoms with Gasteiger partial charge in [0.05, 0.1) is 34.8 Å². The second-order valence-corrected chi connectivity index (χ2v) is 7.11. The molecule has 1 aliphatic rings. The lowest BCUT2D eigenvalue weighted by atomic mass is 10.2. The lowest BCUT2D eigenvalue weighted by Crippen LogP contribution is -2.45. The van der Waals surface area contributed by atoms with Crippen LogP contribution in [-0.4, -0.2) is 35.3 Å². The summed E-state index contributed by atoms with van der Waals surface area (Å²) >= 11 is 1.72.